The number of hydrogen-bond acceptors (Lipinski definition) is 2. The summed E-state index contributed by atoms with van der Waals surface area (Å²) in [4.78, 5) is 15.1. The Labute approximate surface area is 70.8 Å². The lowest BCUT2D eigenvalue weighted by atomic mass is 10.2. The van der Waals surface area contributed by atoms with Crippen LogP contribution in [-0.4, -0.2) is 24.0 Å². The Morgan fingerprint density at radius 3 is 2.75 bits per heavy atom. The Morgan fingerprint density at radius 2 is 2.17 bits per heavy atom. The third-order valence-electron chi connectivity index (χ3n) is 1.40. The molecular formula is C8H12N3O+. The maximum absolute atomic E-state index is 11.2. The van der Waals surface area contributed by atoms with Gasteiger partial charge in [-0.25, -0.2) is 0 Å². The van der Waals surface area contributed by atoms with Gasteiger partial charge in [0.2, 0.25) is 0 Å². The van der Waals surface area contributed by atoms with Crippen LogP contribution in [0.5, 0.6) is 0 Å². The second-order valence-corrected chi connectivity index (χ2v) is 2.35. The van der Waals surface area contributed by atoms with Gasteiger partial charge in [0.05, 0.1) is 13.1 Å². The predicted molar refractivity (Wildman–Crippen MR) is 44.3 cm³/mol. The van der Waals surface area contributed by atoms with Crippen molar-refractivity contribution >= 4 is 5.91 Å². The molecule has 0 aliphatic heterocycles. The number of quaternary nitrogens is 1. The Kier molecular flexibility index (Phi) is 3.22. The van der Waals surface area contributed by atoms with E-state index in [9.17, 15) is 4.79 Å². The van der Waals surface area contributed by atoms with Crippen molar-refractivity contribution in [3.63, 3.8) is 0 Å². The summed E-state index contributed by atoms with van der Waals surface area (Å²) in [7, 11) is 0. The van der Waals surface area contributed by atoms with Gasteiger partial charge in [0.1, 0.15) is 0 Å². The summed E-state index contributed by atoms with van der Waals surface area (Å²) in [6, 6.07) is 3.36. The van der Waals surface area contributed by atoms with Gasteiger partial charge in [0.15, 0.2) is 0 Å². The lowest BCUT2D eigenvalue weighted by Gasteiger charge is -2.00. The van der Waals surface area contributed by atoms with Gasteiger partial charge in [-0.05, 0) is 12.1 Å². The average molecular weight is 166 g/mol. The van der Waals surface area contributed by atoms with Crippen LogP contribution in [0, 0.1) is 0 Å². The average Bonchev–Trinajstić information content (AvgIpc) is 2.15. The molecule has 1 aromatic heterocycles. The first-order chi connectivity index (χ1) is 5.84. The number of hydrogen-bond donors (Lipinski definition) is 2. The molecule has 0 spiro atoms. The number of amides is 1. The number of aromatic nitrogens is 1. The lowest BCUT2D eigenvalue weighted by molar-refractivity contribution is -0.364. The molecule has 0 aromatic carbocycles. The summed E-state index contributed by atoms with van der Waals surface area (Å²) < 4.78 is 0. The van der Waals surface area contributed by atoms with E-state index in [0.29, 0.717) is 18.7 Å². The fourth-order valence-corrected chi connectivity index (χ4v) is 0.807. The fraction of sp³-hybridized carbons (Fsp3) is 0.250. The fourth-order valence-electron chi connectivity index (χ4n) is 0.807. The van der Waals surface area contributed by atoms with Crippen LogP contribution >= 0.6 is 0 Å². The van der Waals surface area contributed by atoms with Gasteiger partial charge in [-0.1, -0.05) is 0 Å². The van der Waals surface area contributed by atoms with Gasteiger partial charge in [-0.15, -0.1) is 0 Å². The SMILES string of the molecule is [NH3+]CCNC(=O)c1ccncc1. The highest BCUT2D eigenvalue weighted by molar-refractivity contribution is 5.93. The summed E-state index contributed by atoms with van der Waals surface area (Å²) in [5, 5.41) is 2.72. The van der Waals surface area contributed by atoms with E-state index in [-0.39, 0.29) is 5.91 Å². The van der Waals surface area contributed by atoms with Crippen LogP contribution in [0.4, 0.5) is 0 Å². The van der Waals surface area contributed by atoms with E-state index in [2.05, 4.69) is 16.0 Å². The Hall–Kier alpha value is -1.42. The van der Waals surface area contributed by atoms with Crippen molar-refractivity contribution < 1.29 is 10.5 Å². The number of nitrogens with one attached hydrogen (secondary N) is 1. The van der Waals surface area contributed by atoms with Gasteiger partial charge in [0.25, 0.3) is 5.91 Å². The van der Waals surface area contributed by atoms with E-state index in [1.165, 1.54) is 0 Å². The van der Waals surface area contributed by atoms with Gasteiger partial charge in [-0.3, -0.25) is 9.78 Å². The zero-order valence-corrected chi connectivity index (χ0v) is 6.79. The molecule has 0 fully saturated rings. The molecule has 0 aliphatic rings. The molecule has 4 nitrogen and oxygen atoms in total. The highest BCUT2D eigenvalue weighted by Crippen LogP contribution is 1.94. The second kappa shape index (κ2) is 4.46. The van der Waals surface area contributed by atoms with E-state index in [1.54, 1.807) is 24.5 Å². The maximum atomic E-state index is 11.2. The molecule has 0 saturated carbocycles. The quantitative estimate of drug-likeness (QED) is 0.608. The minimum absolute atomic E-state index is 0.0685. The third kappa shape index (κ3) is 2.32. The van der Waals surface area contributed by atoms with Crippen LogP contribution < -0.4 is 11.1 Å². The molecule has 0 bridgehead atoms. The van der Waals surface area contributed by atoms with E-state index < -0.39 is 0 Å². The van der Waals surface area contributed by atoms with Crippen LogP contribution in [0.2, 0.25) is 0 Å². The van der Waals surface area contributed by atoms with Crippen LogP contribution in [0.3, 0.4) is 0 Å². The molecule has 0 saturated heterocycles. The Bertz CT molecular complexity index is 248. The summed E-state index contributed by atoms with van der Waals surface area (Å²) in [5.74, 6) is -0.0685. The topological polar surface area (TPSA) is 69.6 Å². The van der Waals surface area contributed by atoms with Crippen molar-refractivity contribution in [2.75, 3.05) is 13.1 Å². The maximum Gasteiger partial charge on any atom is 0.251 e. The number of nitrogens with zero attached hydrogens (tertiary/aromatic N) is 1. The number of pyridine rings is 1. The molecule has 12 heavy (non-hydrogen) atoms. The first-order valence-corrected chi connectivity index (χ1v) is 3.82. The van der Waals surface area contributed by atoms with Crippen molar-refractivity contribution in [1.82, 2.24) is 10.3 Å². The van der Waals surface area contributed by atoms with Gasteiger partial charge < -0.3 is 11.1 Å². The van der Waals surface area contributed by atoms with Crippen LogP contribution in [0.1, 0.15) is 10.4 Å². The third-order valence-corrected chi connectivity index (χ3v) is 1.40. The monoisotopic (exact) mass is 166 g/mol. The van der Waals surface area contributed by atoms with E-state index in [4.69, 9.17) is 0 Å². The number of rotatable bonds is 3. The molecule has 4 N–H and O–H groups in total. The molecule has 0 atom stereocenters. The molecule has 1 rings (SSSR count). The molecule has 0 aliphatic carbocycles. The smallest absolute Gasteiger partial charge is 0.251 e. The minimum Gasteiger partial charge on any atom is -0.356 e. The first-order valence-electron chi connectivity index (χ1n) is 3.82. The van der Waals surface area contributed by atoms with Crippen molar-refractivity contribution in [2.24, 2.45) is 0 Å². The molecular weight excluding hydrogens is 154 g/mol. The second-order valence-electron chi connectivity index (χ2n) is 2.35. The molecule has 1 amide bonds. The van der Waals surface area contributed by atoms with Crippen LogP contribution in [0.25, 0.3) is 0 Å². The van der Waals surface area contributed by atoms with Crippen molar-refractivity contribution in [2.45, 2.75) is 0 Å². The predicted octanol–water partition coefficient (Wildman–Crippen LogP) is -0.947. The minimum atomic E-state index is -0.0685. The van der Waals surface area contributed by atoms with Crippen LogP contribution in [-0.2, 0) is 0 Å². The van der Waals surface area contributed by atoms with Crippen molar-refractivity contribution in [3.8, 4) is 0 Å². The summed E-state index contributed by atoms with van der Waals surface area (Å²) in [5.41, 5.74) is 4.26. The molecule has 0 radical (unpaired) electrons. The van der Waals surface area contributed by atoms with Crippen LogP contribution in [0.15, 0.2) is 24.5 Å². The number of carbonyl (C=O) groups excluding carboxylic acids is 1. The highest BCUT2D eigenvalue weighted by atomic mass is 16.1. The number of carbonyl (C=O) groups is 1. The molecule has 64 valence electrons. The lowest BCUT2D eigenvalue weighted by Crippen LogP contribution is -2.54. The van der Waals surface area contributed by atoms with Gasteiger partial charge in [0, 0.05) is 18.0 Å². The largest absolute Gasteiger partial charge is 0.356 e. The zero-order chi connectivity index (χ0) is 8.81. The van der Waals surface area contributed by atoms with Gasteiger partial charge in [-0.2, -0.15) is 0 Å². The molecule has 0 unspecified atom stereocenters. The van der Waals surface area contributed by atoms with Gasteiger partial charge >= 0.3 is 0 Å². The van der Waals surface area contributed by atoms with Crippen molar-refractivity contribution in [3.05, 3.63) is 30.1 Å². The standard InChI is InChI=1S/C8H11N3O/c9-3-6-11-8(12)7-1-4-10-5-2-7/h1-2,4-5H,3,6,9H2,(H,11,12)/p+1. The van der Waals surface area contributed by atoms with E-state index >= 15 is 0 Å². The normalized spacial score (nSPS) is 9.42. The molecule has 1 heterocycles. The molecule has 1 aromatic rings. The Balaban J connectivity index is 2.54. The van der Waals surface area contributed by atoms with Crippen molar-refractivity contribution in [1.29, 1.82) is 0 Å². The zero-order valence-electron chi connectivity index (χ0n) is 6.79. The summed E-state index contributed by atoms with van der Waals surface area (Å²) in [6.45, 7) is 1.32. The van der Waals surface area contributed by atoms with E-state index in [0.717, 1.165) is 0 Å². The summed E-state index contributed by atoms with van der Waals surface area (Å²) in [6.07, 6.45) is 3.19. The molecule has 4 heteroatoms. The Morgan fingerprint density at radius 1 is 1.50 bits per heavy atom. The summed E-state index contributed by atoms with van der Waals surface area (Å²) >= 11 is 0. The highest BCUT2D eigenvalue weighted by Gasteiger charge is 2.01. The first kappa shape index (κ1) is 8.67. The van der Waals surface area contributed by atoms with E-state index in [1.807, 2.05) is 0 Å².